The van der Waals surface area contributed by atoms with Gasteiger partial charge in [-0.25, -0.2) is 9.97 Å². The summed E-state index contributed by atoms with van der Waals surface area (Å²) in [5.74, 6) is 0.966. The second kappa shape index (κ2) is 3.44. The Balaban J connectivity index is 2.03. The molecule has 3 rings (SSSR count). The lowest BCUT2D eigenvalue weighted by molar-refractivity contribution is 0.306. The van der Waals surface area contributed by atoms with Gasteiger partial charge in [0.1, 0.15) is 12.1 Å². The Hall–Kier alpha value is -1.64. The Labute approximate surface area is 94.9 Å². The summed E-state index contributed by atoms with van der Waals surface area (Å²) in [6.07, 6.45) is 5.40. The number of rotatable bonds is 2. The molecule has 0 aliphatic heterocycles. The summed E-state index contributed by atoms with van der Waals surface area (Å²) in [6.45, 7) is 2.26. The van der Waals surface area contributed by atoms with Crippen LogP contribution in [0.4, 0.5) is 5.82 Å². The zero-order chi connectivity index (χ0) is 11.0. The molecule has 0 saturated heterocycles. The van der Waals surface area contributed by atoms with Gasteiger partial charge >= 0.3 is 0 Å². The van der Waals surface area contributed by atoms with E-state index in [4.69, 9.17) is 0 Å². The standard InChI is InChI=1S/C13H15N3/c1-13(7-4-8-13)16-12-10-5-2-3-6-11(10)14-9-15-12/h2-3,5-6,9H,4,7-8H2,1H3,(H,14,15,16). The summed E-state index contributed by atoms with van der Waals surface area (Å²) in [5.41, 5.74) is 1.24. The molecule has 1 aromatic carbocycles. The Morgan fingerprint density at radius 1 is 1.19 bits per heavy atom. The molecule has 0 amide bonds. The molecule has 0 spiro atoms. The Kier molecular flexibility index (Phi) is 2.06. The molecule has 2 aromatic rings. The normalized spacial score (nSPS) is 18.1. The van der Waals surface area contributed by atoms with E-state index in [0.29, 0.717) is 0 Å². The number of para-hydroxylation sites is 1. The summed E-state index contributed by atoms with van der Waals surface area (Å²) in [6, 6.07) is 8.12. The van der Waals surface area contributed by atoms with Crippen molar-refractivity contribution in [2.45, 2.75) is 31.7 Å². The molecular weight excluding hydrogens is 198 g/mol. The van der Waals surface area contributed by atoms with Gasteiger partial charge in [-0.05, 0) is 38.3 Å². The number of hydrogen-bond acceptors (Lipinski definition) is 3. The highest BCUT2D eigenvalue weighted by Crippen LogP contribution is 2.35. The van der Waals surface area contributed by atoms with Gasteiger partial charge in [0.15, 0.2) is 0 Å². The number of nitrogens with one attached hydrogen (secondary N) is 1. The number of nitrogens with zero attached hydrogens (tertiary/aromatic N) is 2. The molecule has 0 bridgehead atoms. The number of benzene rings is 1. The highest BCUT2D eigenvalue weighted by molar-refractivity contribution is 5.88. The minimum Gasteiger partial charge on any atom is -0.364 e. The summed E-state index contributed by atoms with van der Waals surface area (Å²) >= 11 is 0. The molecule has 0 radical (unpaired) electrons. The number of aromatic nitrogens is 2. The molecule has 1 aliphatic carbocycles. The van der Waals surface area contributed by atoms with Crippen LogP contribution in [0.2, 0.25) is 0 Å². The van der Waals surface area contributed by atoms with Crippen LogP contribution in [0.3, 0.4) is 0 Å². The van der Waals surface area contributed by atoms with Crippen molar-refractivity contribution in [1.29, 1.82) is 0 Å². The third-order valence-electron chi connectivity index (χ3n) is 3.42. The molecule has 0 unspecified atom stereocenters. The first-order chi connectivity index (χ1) is 7.77. The van der Waals surface area contributed by atoms with E-state index in [1.54, 1.807) is 6.33 Å². The average Bonchev–Trinajstić information content (AvgIpc) is 2.27. The second-order valence-corrected chi connectivity index (χ2v) is 4.78. The summed E-state index contributed by atoms with van der Waals surface area (Å²) in [5, 5.41) is 4.66. The van der Waals surface area contributed by atoms with Gasteiger partial charge in [0, 0.05) is 10.9 Å². The quantitative estimate of drug-likeness (QED) is 0.833. The van der Waals surface area contributed by atoms with Crippen LogP contribution in [0.1, 0.15) is 26.2 Å². The summed E-state index contributed by atoms with van der Waals surface area (Å²) in [7, 11) is 0. The first-order valence-corrected chi connectivity index (χ1v) is 5.75. The fourth-order valence-electron chi connectivity index (χ4n) is 2.22. The van der Waals surface area contributed by atoms with Crippen LogP contribution in [-0.2, 0) is 0 Å². The molecule has 3 nitrogen and oxygen atoms in total. The van der Waals surface area contributed by atoms with E-state index in [1.165, 1.54) is 19.3 Å². The molecule has 1 N–H and O–H groups in total. The second-order valence-electron chi connectivity index (χ2n) is 4.78. The van der Waals surface area contributed by atoms with Crippen molar-refractivity contribution in [3.63, 3.8) is 0 Å². The van der Waals surface area contributed by atoms with Crippen molar-refractivity contribution in [2.24, 2.45) is 0 Å². The maximum Gasteiger partial charge on any atom is 0.137 e. The van der Waals surface area contributed by atoms with Gasteiger partial charge < -0.3 is 5.32 Å². The first-order valence-electron chi connectivity index (χ1n) is 5.75. The Morgan fingerprint density at radius 3 is 2.75 bits per heavy atom. The van der Waals surface area contributed by atoms with Gasteiger partial charge in [0.25, 0.3) is 0 Å². The van der Waals surface area contributed by atoms with E-state index >= 15 is 0 Å². The van der Waals surface area contributed by atoms with Gasteiger partial charge in [-0.1, -0.05) is 12.1 Å². The van der Waals surface area contributed by atoms with Gasteiger partial charge in [-0.3, -0.25) is 0 Å². The zero-order valence-corrected chi connectivity index (χ0v) is 9.40. The van der Waals surface area contributed by atoms with Crippen LogP contribution < -0.4 is 5.32 Å². The van der Waals surface area contributed by atoms with E-state index < -0.39 is 0 Å². The number of fused-ring (bicyclic) bond motifs is 1. The molecule has 1 aliphatic rings. The van der Waals surface area contributed by atoms with Gasteiger partial charge in [0.2, 0.25) is 0 Å². The Morgan fingerprint density at radius 2 is 2.00 bits per heavy atom. The van der Waals surface area contributed by atoms with Crippen molar-refractivity contribution >= 4 is 16.7 Å². The topological polar surface area (TPSA) is 37.8 Å². The van der Waals surface area contributed by atoms with Crippen LogP contribution in [0.15, 0.2) is 30.6 Å². The molecule has 1 heterocycles. The van der Waals surface area contributed by atoms with Crippen molar-refractivity contribution in [2.75, 3.05) is 5.32 Å². The van der Waals surface area contributed by atoms with Gasteiger partial charge in [-0.15, -0.1) is 0 Å². The largest absolute Gasteiger partial charge is 0.364 e. The predicted molar refractivity (Wildman–Crippen MR) is 65.4 cm³/mol. The monoisotopic (exact) mass is 213 g/mol. The zero-order valence-electron chi connectivity index (χ0n) is 9.40. The molecule has 3 heteroatoms. The fourth-order valence-corrected chi connectivity index (χ4v) is 2.22. The summed E-state index contributed by atoms with van der Waals surface area (Å²) in [4.78, 5) is 8.62. The van der Waals surface area contributed by atoms with Crippen LogP contribution in [0, 0.1) is 0 Å². The smallest absolute Gasteiger partial charge is 0.137 e. The average molecular weight is 213 g/mol. The van der Waals surface area contributed by atoms with Crippen molar-refractivity contribution in [3.05, 3.63) is 30.6 Å². The third kappa shape index (κ3) is 1.52. The first kappa shape index (κ1) is 9.58. The van der Waals surface area contributed by atoms with E-state index in [2.05, 4.69) is 28.3 Å². The van der Waals surface area contributed by atoms with Gasteiger partial charge in [0.05, 0.1) is 5.52 Å². The van der Waals surface area contributed by atoms with E-state index in [-0.39, 0.29) is 5.54 Å². The lowest BCUT2D eigenvalue weighted by Gasteiger charge is -2.39. The van der Waals surface area contributed by atoms with Crippen molar-refractivity contribution < 1.29 is 0 Å². The molecule has 16 heavy (non-hydrogen) atoms. The molecule has 1 saturated carbocycles. The molecule has 1 fully saturated rings. The number of anilines is 1. The maximum atomic E-state index is 4.35. The lowest BCUT2D eigenvalue weighted by atomic mass is 9.78. The molecule has 1 aromatic heterocycles. The highest BCUT2D eigenvalue weighted by Gasteiger charge is 2.32. The minimum absolute atomic E-state index is 0.233. The van der Waals surface area contributed by atoms with Gasteiger partial charge in [-0.2, -0.15) is 0 Å². The van der Waals surface area contributed by atoms with Crippen molar-refractivity contribution in [1.82, 2.24) is 9.97 Å². The molecular formula is C13H15N3. The third-order valence-corrected chi connectivity index (χ3v) is 3.42. The van der Waals surface area contributed by atoms with Crippen LogP contribution in [0.5, 0.6) is 0 Å². The van der Waals surface area contributed by atoms with E-state index in [1.807, 2.05) is 18.2 Å². The van der Waals surface area contributed by atoms with Crippen molar-refractivity contribution in [3.8, 4) is 0 Å². The van der Waals surface area contributed by atoms with Crippen LogP contribution >= 0.6 is 0 Å². The lowest BCUT2D eigenvalue weighted by Crippen LogP contribution is -2.41. The maximum absolute atomic E-state index is 4.35. The minimum atomic E-state index is 0.233. The van der Waals surface area contributed by atoms with E-state index in [0.717, 1.165) is 16.7 Å². The number of hydrogen-bond donors (Lipinski definition) is 1. The SMILES string of the molecule is CC1(Nc2ncnc3ccccc23)CCC1. The predicted octanol–water partition coefficient (Wildman–Crippen LogP) is 2.98. The van der Waals surface area contributed by atoms with Crippen LogP contribution in [0.25, 0.3) is 10.9 Å². The Bertz CT molecular complexity index is 512. The fraction of sp³-hybridized carbons (Fsp3) is 0.385. The van der Waals surface area contributed by atoms with Crippen LogP contribution in [-0.4, -0.2) is 15.5 Å². The molecule has 82 valence electrons. The summed E-state index contributed by atoms with van der Waals surface area (Å²) < 4.78 is 0. The van der Waals surface area contributed by atoms with E-state index in [9.17, 15) is 0 Å². The molecule has 0 atom stereocenters. The highest BCUT2D eigenvalue weighted by atomic mass is 15.1.